The van der Waals surface area contributed by atoms with Gasteiger partial charge in [0.15, 0.2) is 5.17 Å². The second kappa shape index (κ2) is 9.70. The third-order valence-electron chi connectivity index (χ3n) is 2.15. The third-order valence-corrected chi connectivity index (χ3v) is 3.82. The van der Waals surface area contributed by atoms with Crippen molar-refractivity contribution in [2.24, 2.45) is 5.73 Å². The molecule has 1 aromatic carbocycles. The zero-order chi connectivity index (χ0) is 17.2. The molecule has 1 rings (SSSR count). The van der Waals surface area contributed by atoms with Gasteiger partial charge in [-0.1, -0.05) is 30.0 Å². The highest BCUT2D eigenvalue weighted by Crippen LogP contribution is 2.22. The molecule has 22 heavy (non-hydrogen) atoms. The molecule has 0 aliphatic carbocycles. The lowest BCUT2D eigenvalue weighted by Gasteiger charge is -2.04. The highest BCUT2D eigenvalue weighted by Gasteiger charge is 2.25. The molecular weight excluding hydrogens is 341 g/mol. The van der Waals surface area contributed by atoms with Crippen LogP contribution in [0, 0.1) is 5.41 Å². The molecule has 1 aromatic rings. The van der Waals surface area contributed by atoms with Crippen LogP contribution in [-0.2, 0) is 10.1 Å². The van der Waals surface area contributed by atoms with E-state index in [1.165, 1.54) is 12.1 Å². The summed E-state index contributed by atoms with van der Waals surface area (Å²) in [6.45, 7) is 0. The number of nitrogens with two attached hydrogens (primary N) is 1. The van der Waals surface area contributed by atoms with E-state index in [0.717, 1.165) is 11.8 Å². The maximum Gasteiger partial charge on any atom is 0.389 e. The fourth-order valence-electron chi connectivity index (χ4n) is 1.20. The Labute approximate surface area is 131 Å². The van der Waals surface area contributed by atoms with Gasteiger partial charge in [0.1, 0.15) is 0 Å². The van der Waals surface area contributed by atoms with E-state index >= 15 is 0 Å². The van der Waals surface area contributed by atoms with Crippen LogP contribution in [0.4, 0.5) is 13.2 Å². The van der Waals surface area contributed by atoms with Crippen molar-refractivity contribution < 1.29 is 26.1 Å². The predicted octanol–water partition coefficient (Wildman–Crippen LogP) is 3.28. The summed E-state index contributed by atoms with van der Waals surface area (Å²) in [5, 5.41) is 6.73. The van der Waals surface area contributed by atoms with Crippen LogP contribution in [0.3, 0.4) is 0 Å². The quantitative estimate of drug-likeness (QED) is 0.324. The summed E-state index contributed by atoms with van der Waals surface area (Å²) < 4.78 is 63.9. The number of rotatable bonds is 5. The van der Waals surface area contributed by atoms with E-state index in [0.29, 0.717) is 12.2 Å². The van der Waals surface area contributed by atoms with E-state index in [4.69, 9.17) is 15.7 Å². The Bertz CT molecular complexity index is 548. The Morgan fingerprint density at radius 2 is 1.77 bits per heavy atom. The number of amidine groups is 1. The van der Waals surface area contributed by atoms with Crippen LogP contribution >= 0.6 is 11.8 Å². The largest absolute Gasteiger partial charge is 0.389 e. The maximum absolute atomic E-state index is 11.6. The van der Waals surface area contributed by atoms with Crippen molar-refractivity contribution in [3.8, 4) is 0 Å². The highest BCUT2D eigenvalue weighted by atomic mass is 32.2. The van der Waals surface area contributed by atoms with Gasteiger partial charge in [0.05, 0.1) is 4.90 Å². The highest BCUT2D eigenvalue weighted by molar-refractivity contribution is 8.13. The Morgan fingerprint density at radius 1 is 1.23 bits per heavy atom. The average Bonchev–Trinajstić information content (AvgIpc) is 2.37. The molecule has 0 fully saturated rings. The first kappa shape index (κ1) is 20.7. The van der Waals surface area contributed by atoms with Crippen molar-refractivity contribution in [1.82, 2.24) is 0 Å². The Hall–Kier alpha value is -1.26. The summed E-state index contributed by atoms with van der Waals surface area (Å²) >= 11 is 1.08. The van der Waals surface area contributed by atoms with E-state index < -0.39 is 22.7 Å². The van der Waals surface area contributed by atoms with E-state index in [1.807, 2.05) is 0 Å². The Morgan fingerprint density at radius 3 is 2.14 bits per heavy atom. The van der Waals surface area contributed by atoms with Crippen LogP contribution in [-0.4, -0.2) is 30.1 Å². The van der Waals surface area contributed by atoms with E-state index in [2.05, 4.69) is 0 Å². The lowest BCUT2D eigenvalue weighted by Crippen LogP contribution is -2.07. The molecule has 0 spiro atoms. The molecular formula is C12H17F3N2O3S2. The normalized spacial score (nSPS) is 11.5. The monoisotopic (exact) mass is 358 g/mol. The second-order valence-electron chi connectivity index (χ2n) is 4.07. The number of unbranched alkanes of at least 4 members (excludes halogenated alkanes) is 1. The Kier molecular flexibility index (Phi) is 9.14. The number of benzene rings is 1. The van der Waals surface area contributed by atoms with Crippen molar-refractivity contribution in [3.05, 3.63) is 30.3 Å². The van der Waals surface area contributed by atoms with Crippen LogP contribution in [0.5, 0.6) is 0 Å². The third kappa shape index (κ3) is 12.5. The first-order chi connectivity index (χ1) is 10.0. The minimum atomic E-state index is -4.05. The molecule has 126 valence electrons. The van der Waals surface area contributed by atoms with Crippen LogP contribution in [0.2, 0.25) is 0 Å². The first-order valence-electron chi connectivity index (χ1n) is 6.08. The molecule has 4 N–H and O–H groups in total. The van der Waals surface area contributed by atoms with Gasteiger partial charge in [-0.25, -0.2) is 0 Å². The van der Waals surface area contributed by atoms with Gasteiger partial charge in [-0.3, -0.25) is 9.96 Å². The van der Waals surface area contributed by atoms with Gasteiger partial charge in [0.25, 0.3) is 10.1 Å². The molecule has 0 aliphatic rings. The minimum absolute atomic E-state index is 0.0398. The topological polar surface area (TPSA) is 104 Å². The minimum Gasteiger partial charge on any atom is -0.379 e. The molecule has 0 unspecified atom stereocenters. The summed E-state index contributed by atoms with van der Waals surface area (Å²) in [6.07, 6.45) is -4.24. The summed E-state index contributed by atoms with van der Waals surface area (Å²) in [6, 6.07) is 7.42. The van der Waals surface area contributed by atoms with E-state index in [9.17, 15) is 21.6 Å². The summed E-state index contributed by atoms with van der Waals surface area (Å²) in [5.41, 5.74) is 4.98. The van der Waals surface area contributed by atoms with Gasteiger partial charge < -0.3 is 5.73 Å². The first-order valence-corrected chi connectivity index (χ1v) is 8.51. The number of thioether (sulfide) groups is 1. The number of hydrogen-bond donors (Lipinski definition) is 3. The zero-order valence-corrected chi connectivity index (χ0v) is 13.1. The van der Waals surface area contributed by atoms with Crippen molar-refractivity contribution in [2.75, 3.05) is 5.75 Å². The maximum atomic E-state index is 11.6. The molecule has 0 bridgehead atoms. The lowest BCUT2D eigenvalue weighted by molar-refractivity contribution is -0.135. The molecule has 0 aromatic heterocycles. The number of nitrogens with one attached hydrogen (secondary N) is 1. The van der Waals surface area contributed by atoms with Crippen LogP contribution in [0.15, 0.2) is 35.2 Å². The molecule has 0 amide bonds. The van der Waals surface area contributed by atoms with E-state index in [-0.39, 0.29) is 16.5 Å². The molecule has 0 atom stereocenters. The lowest BCUT2D eigenvalue weighted by atomic mass is 10.2. The van der Waals surface area contributed by atoms with Crippen LogP contribution < -0.4 is 5.73 Å². The molecule has 0 saturated carbocycles. The molecule has 5 nitrogen and oxygen atoms in total. The van der Waals surface area contributed by atoms with E-state index in [1.54, 1.807) is 18.2 Å². The van der Waals surface area contributed by atoms with Gasteiger partial charge in [-0.15, -0.1) is 0 Å². The SMILES string of the molecule is N=C(N)SCCCCC(F)(F)F.O=S(=O)(O)c1ccccc1. The summed E-state index contributed by atoms with van der Waals surface area (Å²) in [5.74, 6) is 0.491. The fraction of sp³-hybridized carbons (Fsp3) is 0.417. The van der Waals surface area contributed by atoms with Crippen LogP contribution in [0.25, 0.3) is 0 Å². The molecule has 0 heterocycles. The second-order valence-corrected chi connectivity index (χ2v) is 6.63. The van der Waals surface area contributed by atoms with Gasteiger partial charge in [-0.05, 0) is 25.0 Å². The van der Waals surface area contributed by atoms with Gasteiger partial charge in [0.2, 0.25) is 0 Å². The van der Waals surface area contributed by atoms with Gasteiger partial charge in [0, 0.05) is 12.2 Å². The fourth-order valence-corrected chi connectivity index (χ4v) is 2.27. The standard InChI is InChI=1S/C6H11F3N2S.C6H6O3S/c7-6(8,9)3-1-2-4-12-5(10)11;7-10(8,9)6-4-2-1-3-5-6/h1-4H2,(H3,10,11);1-5H,(H,7,8,9). The molecule has 10 heteroatoms. The summed E-state index contributed by atoms with van der Waals surface area (Å²) in [7, 11) is -4.00. The zero-order valence-electron chi connectivity index (χ0n) is 11.5. The molecule has 0 aliphatic heterocycles. The van der Waals surface area contributed by atoms with Crippen molar-refractivity contribution in [3.63, 3.8) is 0 Å². The Balaban J connectivity index is 0.000000406. The molecule has 0 radical (unpaired) electrons. The predicted molar refractivity (Wildman–Crippen MR) is 80.5 cm³/mol. The number of halogens is 3. The van der Waals surface area contributed by atoms with Crippen LogP contribution in [0.1, 0.15) is 19.3 Å². The van der Waals surface area contributed by atoms with Gasteiger partial charge >= 0.3 is 6.18 Å². The number of alkyl halides is 3. The van der Waals surface area contributed by atoms with Crippen molar-refractivity contribution in [1.29, 1.82) is 5.41 Å². The van der Waals surface area contributed by atoms with Gasteiger partial charge in [-0.2, -0.15) is 21.6 Å². The summed E-state index contributed by atoms with van der Waals surface area (Å²) in [4.78, 5) is -0.0741. The van der Waals surface area contributed by atoms with Crippen molar-refractivity contribution in [2.45, 2.75) is 30.3 Å². The number of hydrogen-bond acceptors (Lipinski definition) is 4. The smallest absolute Gasteiger partial charge is 0.379 e. The average molecular weight is 358 g/mol. The molecule has 0 saturated heterocycles. The van der Waals surface area contributed by atoms with Crippen molar-refractivity contribution >= 4 is 27.0 Å².